The minimum Gasteiger partial charge on any atom is -0.493 e. The maximum absolute atomic E-state index is 13.3. The lowest BCUT2D eigenvalue weighted by molar-refractivity contribution is -0.137. The molecule has 29 heavy (non-hydrogen) atoms. The predicted molar refractivity (Wildman–Crippen MR) is 107 cm³/mol. The first kappa shape index (κ1) is 21.7. The number of nitrogens with one attached hydrogen (secondary N) is 1. The van der Waals surface area contributed by atoms with Gasteiger partial charge in [-0.3, -0.25) is 4.90 Å². The number of nitrogens with zero attached hydrogens (tertiary/aromatic N) is 1. The molecule has 1 fully saturated rings. The number of piperazine rings is 1. The maximum Gasteiger partial charge on any atom is 0.417 e. The van der Waals surface area contributed by atoms with Crippen LogP contribution in [-0.4, -0.2) is 38.8 Å². The molecule has 1 saturated heterocycles. The zero-order valence-electron chi connectivity index (χ0n) is 16.5. The molecule has 0 spiro atoms. The van der Waals surface area contributed by atoms with E-state index in [4.69, 9.17) is 21.1 Å². The molecule has 158 valence electrons. The monoisotopic (exact) mass is 428 g/mol. The van der Waals surface area contributed by atoms with E-state index in [1.54, 1.807) is 20.3 Å². The van der Waals surface area contributed by atoms with E-state index in [9.17, 15) is 13.2 Å². The molecule has 1 N–H and O–H groups in total. The number of ether oxygens (including phenoxy) is 2. The molecule has 0 amide bonds. The van der Waals surface area contributed by atoms with E-state index in [0.717, 1.165) is 18.2 Å². The van der Waals surface area contributed by atoms with Crippen LogP contribution in [0.4, 0.5) is 13.2 Å². The first-order chi connectivity index (χ1) is 13.8. The Balaban J connectivity index is 1.94. The zero-order chi connectivity index (χ0) is 21.2. The van der Waals surface area contributed by atoms with Crippen molar-refractivity contribution in [2.24, 2.45) is 0 Å². The van der Waals surface area contributed by atoms with E-state index in [1.807, 2.05) is 25.1 Å². The smallest absolute Gasteiger partial charge is 0.417 e. The molecule has 1 unspecified atom stereocenters. The van der Waals surface area contributed by atoms with Gasteiger partial charge in [0.05, 0.1) is 24.8 Å². The molecule has 2 aromatic carbocycles. The van der Waals surface area contributed by atoms with Gasteiger partial charge < -0.3 is 14.8 Å². The van der Waals surface area contributed by atoms with Crippen molar-refractivity contribution in [2.75, 3.05) is 33.9 Å². The van der Waals surface area contributed by atoms with Crippen molar-refractivity contribution in [3.05, 3.63) is 58.1 Å². The SMILES string of the molecule is COc1ccc(C(C)N2CCNC[C@@H]2c2ccc(Cl)c(C(F)(F)F)c2)cc1OC. The molecule has 0 radical (unpaired) electrons. The molecule has 2 atom stereocenters. The van der Waals surface area contributed by atoms with Crippen LogP contribution in [0, 0.1) is 0 Å². The molecule has 2 aromatic rings. The van der Waals surface area contributed by atoms with Gasteiger partial charge in [-0.2, -0.15) is 13.2 Å². The normalized spacial score (nSPS) is 19.1. The summed E-state index contributed by atoms with van der Waals surface area (Å²) in [5, 5.41) is 3.00. The summed E-state index contributed by atoms with van der Waals surface area (Å²) in [4.78, 5) is 2.20. The summed E-state index contributed by atoms with van der Waals surface area (Å²) in [6.45, 7) is 4.05. The van der Waals surface area contributed by atoms with Crippen molar-refractivity contribution in [3.8, 4) is 11.5 Å². The number of benzene rings is 2. The number of hydrogen-bond acceptors (Lipinski definition) is 4. The molecule has 1 heterocycles. The van der Waals surface area contributed by atoms with E-state index in [2.05, 4.69) is 10.2 Å². The summed E-state index contributed by atoms with van der Waals surface area (Å²) in [7, 11) is 3.15. The molecule has 0 bridgehead atoms. The molecule has 1 aliphatic rings. The van der Waals surface area contributed by atoms with E-state index >= 15 is 0 Å². The average Bonchev–Trinajstić information content (AvgIpc) is 2.72. The minimum absolute atomic E-state index is 0.0353. The van der Waals surface area contributed by atoms with Crippen LogP contribution in [-0.2, 0) is 6.18 Å². The number of methoxy groups -OCH3 is 2. The molecule has 3 rings (SSSR count). The lowest BCUT2D eigenvalue weighted by Crippen LogP contribution is -2.47. The summed E-state index contributed by atoms with van der Waals surface area (Å²) in [5.74, 6) is 1.25. The van der Waals surface area contributed by atoms with Gasteiger partial charge in [0.15, 0.2) is 11.5 Å². The van der Waals surface area contributed by atoms with E-state index in [1.165, 1.54) is 6.07 Å². The largest absolute Gasteiger partial charge is 0.493 e. The van der Waals surface area contributed by atoms with E-state index in [-0.39, 0.29) is 17.1 Å². The lowest BCUT2D eigenvalue weighted by Gasteiger charge is -2.41. The number of alkyl halides is 3. The number of rotatable bonds is 5. The van der Waals surface area contributed by atoms with Crippen LogP contribution in [0.5, 0.6) is 11.5 Å². The molecule has 4 nitrogen and oxygen atoms in total. The minimum atomic E-state index is -4.49. The highest BCUT2D eigenvalue weighted by molar-refractivity contribution is 6.31. The maximum atomic E-state index is 13.3. The molecular formula is C21H24ClF3N2O2. The Hall–Kier alpha value is -1.96. The van der Waals surface area contributed by atoms with Gasteiger partial charge in [0.25, 0.3) is 0 Å². The van der Waals surface area contributed by atoms with Crippen molar-refractivity contribution in [2.45, 2.75) is 25.2 Å². The van der Waals surface area contributed by atoms with Crippen LogP contribution in [0.15, 0.2) is 36.4 Å². The Morgan fingerprint density at radius 1 is 1.10 bits per heavy atom. The van der Waals surface area contributed by atoms with Crippen LogP contribution in [0.1, 0.15) is 35.7 Å². The first-order valence-corrected chi connectivity index (χ1v) is 9.69. The third-order valence-corrected chi connectivity index (χ3v) is 5.68. The Bertz CT molecular complexity index is 860. The van der Waals surface area contributed by atoms with Crippen molar-refractivity contribution in [1.29, 1.82) is 0 Å². The van der Waals surface area contributed by atoms with E-state index < -0.39 is 11.7 Å². The highest BCUT2D eigenvalue weighted by Crippen LogP contribution is 2.39. The van der Waals surface area contributed by atoms with Crippen LogP contribution < -0.4 is 14.8 Å². The Labute approximate surface area is 173 Å². The highest BCUT2D eigenvalue weighted by Gasteiger charge is 2.35. The fourth-order valence-corrected chi connectivity index (χ4v) is 3.99. The Kier molecular flexibility index (Phi) is 6.61. The van der Waals surface area contributed by atoms with Gasteiger partial charge in [-0.25, -0.2) is 0 Å². The average molecular weight is 429 g/mol. The highest BCUT2D eigenvalue weighted by atomic mass is 35.5. The molecule has 0 aliphatic carbocycles. The molecule has 8 heteroatoms. The molecule has 0 saturated carbocycles. The standard InChI is InChI=1S/C21H24ClF3N2O2/c1-13(14-5-7-19(28-2)20(11-14)29-3)27-9-8-26-12-18(27)15-4-6-17(22)16(10-15)21(23,24)25/h4-7,10-11,13,18,26H,8-9,12H2,1-3H3/t13?,18-/m1/s1. The van der Waals surface area contributed by atoms with Crippen molar-refractivity contribution >= 4 is 11.6 Å². The van der Waals surface area contributed by atoms with Crippen LogP contribution >= 0.6 is 11.6 Å². The van der Waals surface area contributed by atoms with Crippen LogP contribution in [0.3, 0.4) is 0 Å². The van der Waals surface area contributed by atoms with Gasteiger partial charge in [-0.1, -0.05) is 23.7 Å². The van der Waals surface area contributed by atoms with Gasteiger partial charge in [0.1, 0.15) is 0 Å². The van der Waals surface area contributed by atoms with Gasteiger partial charge in [0.2, 0.25) is 0 Å². The zero-order valence-corrected chi connectivity index (χ0v) is 17.3. The lowest BCUT2D eigenvalue weighted by atomic mass is 9.96. The quantitative estimate of drug-likeness (QED) is 0.719. The van der Waals surface area contributed by atoms with Gasteiger partial charge >= 0.3 is 6.18 Å². The Morgan fingerprint density at radius 2 is 1.83 bits per heavy atom. The number of hydrogen-bond donors (Lipinski definition) is 1. The molecule has 1 aliphatic heterocycles. The van der Waals surface area contributed by atoms with Gasteiger partial charge in [-0.15, -0.1) is 0 Å². The summed E-state index contributed by atoms with van der Waals surface area (Å²) >= 11 is 5.80. The third kappa shape index (κ3) is 4.63. The van der Waals surface area contributed by atoms with E-state index in [0.29, 0.717) is 30.2 Å². The second-order valence-electron chi connectivity index (χ2n) is 6.99. The fraction of sp³-hybridized carbons (Fsp3) is 0.429. The van der Waals surface area contributed by atoms with Gasteiger partial charge in [0, 0.05) is 31.7 Å². The third-order valence-electron chi connectivity index (χ3n) is 5.35. The first-order valence-electron chi connectivity index (χ1n) is 9.31. The van der Waals surface area contributed by atoms with Gasteiger partial charge in [-0.05, 0) is 42.3 Å². The molecular weight excluding hydrogens is 405 g/mol. The second kappa shape index (κ2) is 8.81. The van der Waals surface area contributed by atoms with Crippen molar-refractivity contribution in [1.82, 2.24) is 10.2 Å². The fourth-order valence-electron chi connectivity index (χ4n) is 3.76. The summed E-state index contributed by atoms with van der Waals surface area (Å²) in [5.41, 5.74) is 0.779. The van der Waals surface area contributed by atoms with Crippen LogP contribution in [0.25, 0.3) is 0 Å². The summed E-state index contributed by atoms with van der Waals surface area (Å²) < 4.78 is 50.7. The van der Waals surface area contributed by atoms with Crippen molar-refractivity contribution < 1.29 is 22.6 Å². The topological polar surface area (TPSA) is 33.7 Å². The summed E-state index contributed by atoms with van der Waals surface area (Å²) in [6.07, 6.45) is -4.49. The summed E-state index contributed by atoms with van der Waals surface area (Å²) in [6, 6.07) is 9.61. The van der Waals surface area contributed by atoms with Crippen LogP contribution in [0.2, 0.25) is 5.02 Å². The second-order valence-corrected chi connectivity index (χ2v) is 7.39. The predicted octanol–water partition coefficient (Wildman–Crippen LogP) is 5.08. The Morgan fingerprint density at radius 3 is 2.48 bits per heavy atom. The number of halogens is 4. The molecule has 0 aromatic heterocycles. The van der Waals surface area contributed by atoms with Crippen molar-refractivity contribution in [3.63, 3.8) is 0 Å².